The van der Waals surface area contributed by atoms with Crippen LogP contribution in [0.15, 0.2) is 0 Å². The molecule has 0 spiro atoms. The lowest BCUT2D eigenvalue weighted by Gasteiger charge is -2.06. The number of rotatable bonds is 6. The number of hydrogen-bond acceptors (Lipinski definition) is 3. The van der Waals surface area contributed by atoms with Crippen molar-refractivity contribution in [3.05, 3.63) is 0 Å². The van der Waals surface area contributed by atoms with E-state index in [1.165, 1.54) is 0 Å². The minimum absolute atomic E-state index is 0.00649. The third kappa shape index (κ3) is 7.54. The van der Waals surface area contributed by atoms with Gasteiger partial charge >= 0.3 is 5.97 Å². The number of esters is 1. The van der Waals surface area contributed by atoms with Gasteiger partial charge in [0, 0.05) is 6.42 Å². The molecular weight excluding hydrogens is 154 g/mol. The average molecular weight is 173 g/mol. The van der Waals surface area contributed by atoms with Crippen molar-refractivity contribution < 1.29 is 9.53 Å². The Balaban J connectivity index is 3.20. The first-order chi connectivity index (χ1) is 5.66. The number of carbonyl (C=O) groups excluding carboxylic acids is 1. The van der Waals surface area contributed by atoms with Crippen LogP contribution in [0.2, 0.25) is 0 Å². The van der Waals surface area contributed by atoms with Gasteiger partial charge in [0.05, 0.1) is 6.10 Å². The number of hydrogen-bond donors (Lipinski definition) is 1. The van der Waals surface area contributed by atoms with Gasteiger partial charge in [0.1, 0.15) is 0 Å². The van der Waals surface area contributed by atoms with Crippen LogP contribution in [0.5, 0.6) is 0 Å². The Morgan fingerprint density at radius 3 is 2.50 bits per heavy atom. The standard InChI is InChI=1S/C9H19NO2/c1-8(2)12-9(11)6-4-3-5-7-10/h8H,3-7,10H2,1-2H3. The first kappa shape index (κ1) is 11.4. The zero-order valence-corrected chi connectivity index (χ0v) is 8.01. The summed E-state index contributed by atoms with van der Waals surface area (Å²) in [5.74, 6) is -0.0954. The molecule has 0 saturated carbocycles. The molecule has 12 heavy (non-hydrogen) atoms. The van der Waals surface area contributed by atoms with Crippen LogP contribution in [-0.2, 0) is 9.53 Å². The summed E-state index contributed by atoms with van der Waals surface area (Å²) in [6, 6.07) is 0. The van der Waals surface area contributed by atoms with Gasteiger partial charge in [-0.3, -0.25) is 4.79 Å². The fraction of sp³-hybridized carbons (Fsp3) is 0.889. The fourth-order valence-corrected chi connectivity index (χ4v) is 0.912. The van der Waals surface area contributed by atoms with Crippen LogP contribution in [0.3, 0.4) is 0 Å². The largest absolute Gasteiger partial charge is 0.463 e. The predicted molar refractivity (Wildman–Crippen MR) is 48.8 cm³/mol. The maximum Gasteiger partial charge on any atom is 0.306 e. The molecule has 0 aliphatic heterocycles. The molecule has 0 rings (SSSR count). The Hall–Kier alpha value is -0.570. The zero-order valence-electron chi connectivity index (χ0n) is 8.01. The summed E-state index contributed by atoms with van der Waals surface area (Å²) < 4.78 is 4.96. The highest BCUT2D eigenvalue weighted by Gasteiger charge is 2.03. The number of carbonyl (C=O) groups is 1. The first-order valence-electron chi connectivity index (χ1n) is 4.56. The minimum Gasteiger partial charge on any atom is -0.463 e. The summed E-state index contributed by atoms with van der Waals surface area (Å²) in [5, 5.41) is 0. The molecule has 0 heterocycles. The molecule has 3 nitrogen and oxygen atoms in total. The Kier molecular flexibility index (Phi) is 6.76. The van der Waals surface area contributed by atoms with Crippen molar-refractivity contribution in [3.8, 4) is 0 Å². The van der Waals surface area contributed by atoms with Crippen molar-refractivity contribution >= 4 is 5.97 Å². The smallest absolute Gasteiger partial charge is 0.306 e. The molecule has 2 N–H and O–H groups in total. The van der Waals surface area contributed by atoms with Gasteiger partial charge in [-0.05, 0) is 33.2 Å². The summed E-state index contributed by atoms with van der Waals surface area (Å²) in [6.45, 7) is 4.43. The molecule has 0 atom stereocenters. The van der Waals surface area contributed by atoms with Gasteiger partial charge < -0.3 is 10.5 Å². The van der Waals surface area contributed by atoms with Crippen molar-refractivity contribution in [1.82, 2.24) is 0 Å². The molecule has 0 aromatic carbocycles. The normalized spacial score (nSPS) is 10.3. The van der Waals surface area contributed by atoms with Gasteiger partial charge in [0.15, 0.2) is 0 Å². The highest BCUT2D eigenvalue weighted by atomic mass is 16.5. The second-order valence-corrected chi connectivity index (χ2v) is 3.14. The van der Waals surface area contributed by atoms with Crippen LogP contribution in [0.25, 0.3) is 0 Å². The molecule has 0 aromatic rings. The molecule has 72 valence electrons. The van der Waals surface area contributed by atoms with E-state index in [0.717, 1.165) is 19.3 Å². The third-order valence-corrected chi connectivity index (χ3v) is 1.45. The Labute approximate surface area is 74.3 Å². The van der Waals surface area contributed by atoms with Crippen molar-refractivity contribution in [2.45, 2.75) is 45.6 Å². The molecule has 0 fully saturated rings. The highest BCUT2D eigenvalue weighted by molar-refractivity contribution is 5.69. The first-order valence-corrected chi connectivity index (χ1v) is 4.56. The predicted octanol–water partition coefficient (Wildman–Crippen LogP) is 1.46. The number of nitrogens with two attached hydrogens (primary N) is 1. The second kappa shape index (κ2) is 7.10. The fourth-order valence-electron chi connectivity index (χ4n) is 0.912. The van der Waals surface area contributed by atoms with Crippen LogP contribution in [0.4, 0.5) is 0 Å². The summed E-state index contributed by atoms with van der Waals surface area (Å²) in [5.41, 5.74) is 5.31. The van der Waals surface area contributed by atoms with Crippen LogP contribution in [0, 0.1) is 0 Å². The zero-order chi connectivity index (χ0) is 9.40. The van der Waals surface area contributed by atoms with Crippen LogP contribution >= 0.6 is 0 Å². The van der Waals surface area contributed by atoms with E-state index in [4.69, 9.17) is 10.5 Å². The monoisotopic (exact) mass is 173 g/mol. The molecule has 0 unspecified atom stereocenters. The van der Waals surface area contributed by atoms with Crippen molar-refractivity contribution in [2.24, 2.45) is 5.73 Å². The van der Waals surface area contributed by atoms with E-state index in [1.807, 2.05) is 13.8 Å². The van der Waals surface area contributed by atoms with E-state index < -0.39 is 0 Å². The van der Waals surface area contributed by atoms with Gasteiger partial charge in [-0.1, -0.05) is 6.42 Å². The van der Waals surface area contributed by atoms with E-state index in [-0.39, 0.29) is 12.1 Å². The summed E-state index contributed by atoms with van der Waals surface area (Å²) in [7, 11) is 0. The van der Waals surface area contributed by atoms with Gasteiger partial charge in [-0.2, -0.15) is 0 Å². The maximum absolute atomic E-state index is 11.0. The quantitative estimate of drug-likeness (QED) is 0.488. The second-order valence-electron chi connectivity index (χ2n) is 3.14. The highest BCUT2D eigenvalue weighted by Crippen LogP contribution is 2.01. The lowest BCUT2D eigenvalue weighted by Crippen LogP contribution is -2.11. The molecule has 0 saturated heterocycles. The Bertz CT molecular complexity index is 124. The summed E-state index contributed by atoms with van der Waals surface area (Å²) >= 11 is 0. The topological polar surface area (TPSA) is 52.3 Å². The molecule has 3 heteroatoms. The number of unbranched alkanes of at least 4 members (excludes halogenated alkanes) is 2. The lowest BCUT2D eigenvalue weighted by atomic mass is 10.2. The Morgan fingerprint density at radius 2 is 2.00 bits per heavy atom. The molecule has 0 aliphatic carbocycles. The van der Waals surface area contributed by atoms with E-state index in [1.54, 1.807) is 0 Å². The van der Waals surface area contributed by atoms with E-state index in [0.29, 0.717) is 13.0 Å². The van der Waals surface area contributed by atoms with Crippen molar-refractivity contribution in [2.75, 3.05) is 6.54 Å². The van der Waals surface area contributed by atoms with Crippen molar-refractivity contribution in [3.63, 3.8) is 0 Å². The van der Waals surface area contributed by atoms with Crippen LogP contribution in [-0.4, -0.2) is 18.6 Å². The third-order valence-electron chi connectivity index (χ3n) is 1.45. The lowest BCUT2D eigenvalue weighted by molar-refractivity contribution is -0.147. The van der Waals surface area contributed by atoms with E-state index in [2.05, 4.69) is 0 Å². The Morgan fingerprint density at radius 1 is 1.33 bits per heavy atom. The van der Waals surface area contributed by atoms with Gasteiger partial charge in [-0.15, -0.1) is 0 Å². The van der Waals surface area contributed by atoms with E-state index in [9.17, 15) is 4.79 Å². The number of ether oxygens (including phenoxy) is 1. The SMILES string of the molecule is CC(C)OC(=O)CCCCCN. The molecule has 0 bridgehead atoms. The van der Waals surface area contributed by atoms with Crippen LogP contribution in [0.1, 0.15) is 39.5 Å². The van der Waals surface area contributed by atoms with Gasteiger partial charge in [0.25, 0.3) is 0 Å². The molecule has 0 aliphatic rings. The average Bonchev–Trinajstić information content (AvgIpc) is 1.97. The molecular formula is C9H19NO2. The minimum atomic E-state index is -0.0954. The van der Waals surface area contributed by atoms with E-state index >= 15 is 0 Å². The molecule has 0 radical (unpaired) electrons. The molecule has 0 amide bonds. The van der Waals surface area contributed by atoms with Gasteiger partial charge in [-0.25, -0.2) is 0 Å². The summed E-state index contributed by atoms with van der Waals surface area (Å²) in [4.78, 5) is 11.0. The molecule has 0 aromatic heterocycles. The maximum atomic E-state index is 11.0. The van der Waals surface area contributed by atoms with Gasteiger partial charge in [0.2, 0.25) is 0 Å². The summed E-state index contributed by atoms with van der Waals surface area (Å²) in [6.07, 6.45) is 3.44. The van der Waals surface area contributed by atoms with Crippen LogP contribution < -0.4 is 5.73 Å². The van der Waals surface area contributed by atoms with Crippen molar-refractivity contribution in [1.29, 1.82) is 0 Å².